The van der Waals surface area contributed by atoms with Crippen molar-refractivity contribution in [2.45, 2.75) is 42.8 Å². The summed E-state index contributed by atoms with van der Waals surface area (Å²) in [6.45, 7) is 0.880. The molecule has 0 unspecified atom stereocenters. The van der Waals surface area contributed by atoms with Gasteiger partial charge in [0.1, 0.15) is 18.5 Å². The molecule has 0 N–H and O–H groups in total. The van der Waals surface area contributed by atoms with Crippen molar-refractivity contribution in [1.82, 2.24) is 9.58 Å². The van der Waals surface area contributed by atoms with Crippen LogP contribution in [-0.2, 0) is 10.5 Å². The van der Waals surface area contributed by atoms with Gasteiger partial charge < -0.3 is 19.1 Å². The number of alkyl halides is 3. The third-order valence-corrected chi connectivity index (χ3v) is 9.34. The predicted octanol–water partition coefficient (Wildman–Crippen LogP) is 6.31. The van der Waals surface area contributed by atoms with Crippen molar-refractivity contribution in [1.29, 1.82) is 0 Å². The molecule has 254 valence electrons. The fourth-order valence-electron chi connectivity index (χ4n) is 5.70. The maximum Gasteiger partial charge on any atom is 0.516 e. The van der Waals surface area contributed by atoms with E-state index in [1.807, 2.05) is 48.5 Å². The molecule has 4 aromatic rings. The number of nitro groups is 1. The first kappa shape index (κ1) is 33.4. The number of carbonyl (C=O) groups is 2. The number of fused-ring (bicyclic) bond motifs is 3. The van der Waals surface area contributed by atoms with Gasteiger partial charge in [0.2, 0.25) is 18.0 Å². The summed E-state index contributed by atoms with van der Waals surface area (Å²) < 4.78 is 59.5. The Morgan fingerprint density at radius 1 is 1.06 bits per heavy atom. The average Bonchev–Trinajstić information content (AvgIpc) is 3.23. The van der Waals surface area contributed by atoms with Gasteiger partial charge in [-0.3, -0.25) is 29.4 Å². The normalized spacial score (nSPS) is 16.1. The number of hydrogen-bond acceptors (Lipinski definition) is 10. The van der Waals surface area contributed by atoms with Gasteiger partial charge in [-0.15, -0.1) is 11.8 Å². The van der Waals surface area contributed by atoms with Crippen molar-refractivity contribution < 1.29 is 41.9 Å². The Morgan fingerprint density at radius 2 is 1.78 bits per heavy atom. The van der Waals surface area contributed by atoms with Crippen molar-refractivity contribution in [3.05, 3.63) is 127 Å². The van der Waals surface area contributed by atoms with E-state index in [1.165, 1.54) is 29.9 Å². The second-order valence-corrected chi connectivity index (χ2v) is 12.2. The van der Waals surface area contributed by atoms with E-state index in [2.05, 4.69) is 0 Å². The molecule has 1 amide bonds. The number of ether oxygens (including phenoxy) is 3. The fourth-order valence-corrected chi connectivity index (χ4v) is 6.79. The van der Waals surface area contributed by atoms with Gasteiger partial charge in [0, 0.05) is 35.0 Å². The lowest BCUT2D eigenvalue weighted by molar-refractivity contribution is -0.384. The molecule has 0 radical (unpaired) electrons. The van der Waals surface area contributed by atoms with Crippen molar-refractivity contribution in [2.75, 3.05) is 18.5 Å². The van der Waals surface area contributed by atoms with Crippen LogP contribution in [0.15, 0.2) is 88.7 Å². The number of benzene rings is 3. The summed E-state index contributed by atoms with van der Waals surface area (Å²) in [6.07, 6.45) is -4.81. The Labute approximate surface area is 280 Å². The lowest BCUT2D eigenvalue weighted by Gasteiger charge is -2.46. The topological polar surface area (TPSA) is 133 Å². The molecule has 0 bridgehead atoms. The maximum absolute atomic E-state index is 14.2. The number of rotatable bonds is 7. The highest BCUT2D eigenvalue weighted by Crippen LogP contribution is 2.43. The molecule has 3 heterocycles. The lowest BCUT2D eigenvalue weighted by Crippen LogP contribution is -2.60. The van der Waals surface area contributed by atoms with E-state index in [-0.39, 0.29) is 17.0 Å². The first-order valence-corrected chi connectivity index (χ1v) is 15.8. The average molecular weight is 697 g/mol. The molecule has 2 aliphatic heterocycles. The lowest BCUT2D eigenvalue weighted by atomic mass is 9.94. The Morgan fingerprint density at radius 3 is 2.49 bits per heavy atom. The molecule has 2 atom stereocenters. The van der Waals surface area contributed by atoms with E-state index in [9.17, 15) is 37.7 Å². The zero-order valence-corrected chi connectivity index (χ0v) is 26.7. The number of aromatic nitrogens is 1. The number of aryl methyl sites for hydroxylation is 1. The number of hydrogen-bond donors (Lipinski definition) is 0. The molecule has 0 spiro atoms. The molecule has 2 aliphatic rings. The standard InChI is InChI=1S/C33H27F3N4O8S/c1-19-15-22(40(44)45)11-12-26(19)48-32(43)47-18-46-30-25(41)13-14-38-29(30)31(42)37(20(2)33(34,35)36)17-39(38)28-23-8-4-3-7-21(23)16-49-27-10-6-5-9-24(27)28/h3-15,20,28H,16-18H2,1-2H3/t20-,28+/m1/s1. The van der Waals surface area contributed by atoms with Crippen LogP contribution in [0.5, 0.6) is 11.5 Å². The number of pyridine rings is 1. The highest BCUT2D eigenvalue weighted by atomic mass is 32.2. The van der Waals surface area contributed by atoms with Crippen molar-refractivity contribution >= 4 is 29.5 Å². The molecule has 0 fully saturated rings. The highest BCUT2D eigenvalue weighted by Gasteiger charge is 2.48. The van der Waals surface area contributed by atoms with E-state index < -0.39 is 65.6 Å². The summed E-state index contributed by atoms with van der Waals surface area (Å²) in [4.78, 5) is 51.4. The highest BCUT2D eigenvalue weighted by molar-refractivity contribution is 7.98. The van der Waals surface area contributed by atoms with Gasteiger partial charge in [0.05, 0.1) is 11.0 Å². The van der Waals surface area contributed by atoms with Crippen molar-refractivity contribution in [3.8, 4) is 11.5 Å². The van der Waals surface area contributed by atoms with Gasteiger partial charge in [-0.1, -0.05) is 42.5 Å². The van der Waals surface area contributed by atoms with Crippen LogP contribution in [0.2, 0.25) is 0 Å². The van der Waals surface area contributed by atoms with Crippen LogP contribution >= 0.6 is 11.8 Å². The molecular formula is C33H27F3N4O8S. The number of nitro benzene ring substituents is 1. The maximum atomic E-state index is 14.2. The van der Waals surface area contributed by atoms with E-state index in [4.69, 9.17) is 14.2 Å². The first-order chi connectivity index (χ1) is 23.3. The van der Waals surface area contributed by atoms with Crippen LogP contribution in [0.25, 0.3) is 0 Å². The summed E-state index contributed by atoms with van der Waals surface area (Å²) >= 11 is 1.57. The van der Waals surface area contributed by atoms with Crippen LogP contribution in [0, 0.1) is 17.0 Å². The molecule has 6 rings (SSSR count). The zero-order chi connectivity index (χ0) is 35.0. The number of thioether (sulfide) groups is 1. The van der Waals surface area contributed by atoms with Crippen LogP contribution in [0.3, 0.4) is 0 Å². The van der Waals surface area contributed by atoms with Crippen LogP contribution in [0.4, 0.5) is 23.7 Å². The van der Waals surface area contributed by atoms with Crippen LogP contribution < -0.4 is 19.9 Å². The van der Waals surface area contributed by atoms with Crippen LogP contribution in [0.1, 0.15) is 45.7 Å². The van der Waals surface area contributed by atoms with E-state index in [0.717, 1.165) is 40.6 Å². The van der Waals surface area contributed by atoms with E-state index >= 15 is 0 Å². The number of halogens is 3. The summed E-state index contributed by atoms with van der Waals surface area (Å²) in [6, 6.07) is 16.6. The molecule has 0 saturated heterocycles. The second-order valence-electron chi connectivity index (χ2n) is 11.2. The van der Waals surface area contributed by atoms with Crippen molar-refractivity contribution in [2.24, 2.45) is 0 Å². The number of amides is 1. The molecule has 49 heavy (non-hydrogen) atoms. The minimum absolute atomic E-state index is 0.0440. The summed E-state index contributed by atoms with van der Waals surface area (Å²) in [5.74, 6) is -1.21. The first-order valence-electron chi connectivity index (χ1n) is 14.8. The van der Waals surface area contributed by atoms with E-state index in [1.54, 1.807) is 16.8 Å². The molecular weight excluding hydrogens is 669 g/mol. The predicted molar refractivity (Wildman–Crippen MR) is 170 cm³/mol. The fraction of sp³-hybridized carbons (Fsp3) is 0.242. The molecule has 3 aromatic carbocycles. The Hall–Kier alpha value is -5.51. The quantitative estimate of drug-likeness (QED) is 0.0711. The minimum Gasteiger partial charge on any atom is -0.451 e. The summed E-state index contributed by atoms with van der Waals surface area (Å²) in [7, 11) is 0. The molecule has 16 heteroatoms. The van der Waals surface area contributed by atoms with Gasteiger partial charge in [0.25, 0.3) is 11.6 Å². The number of nitrogens with zero attached hydrogens (tertiary/aromatic N) is 4. The third-order valence-electron chi connectivity index (χ3n) is 8.20. The molecule has 12 nitrogen and oxygen atoms in total. The minimum atomic E-state index is -4.81. The monoisotopic (exact) mass is 696 g/mol. The summed E-state index contributed by atoms with van der Waals surface area (Å²) in [5, 5.41) is 12.6. The molecule has 1 aromatic heterocycles. The van der Waals surface area contributed by atoms with Crippen molar-refractivity contribution in [3.63, 3.8) is 0 Å². The Balaban J connectivity index is 1.37. The molecule has 0 aliphatic carbocycles. The zero-order valence-electron chi connectivity index (χ0n) is 25.9. The van der Waals surface area contributed by atoms with Gasteiger partial charge in [-0.2, -0.15) is 13.2 Å². The van der Waals surface area contributed by atoms with Gasteiger partial charge in [-0.25, -0.2) is 4.79 Å². The summed E-state index contributed by atoms with van der Waals surface area (Å²) in [5.41, 5.74) is 1.21. The Bertz CT molecular complexity index is 1970. The van der Waals surface area contributed by atoms with Gasteiger partial charge in [-0.05, 0) is 48.2 Å². The Kier molecular flexibility index (Phi) is 8.98. The number of non-ortho nitro benzene ring substituents is 1. The smallest absolute Gasteiger partial charge is 0.451 e. The largest absolute Gasteiger partial charge is 0.516 e. The molecule has 0 saturated carbocycles. The van der Waals surface area contributed by atoms with Gasteiger partial charge >= 0.3 is 12.3 Å². The SMILES string of the molecule is Cc1cc([N+](=O)[O-])ccc1OC(=O)OCOc1c2n(ccc1=O)N([C@H]1c3ccccc3CSc3ccccc31)CN([C@H](C)C(F)(F)F)C2=O. The number of carbonyl (C=O) groups excluding carboxylic acids is 2. The van der Waals surface area contributed by atoms with E-state index in [0.29, 0.717) is 10.7 Å². The third kappa shape index (κ3) is 6.50. The second kappa shape index (κ2) is 13.2. The van der Waals surface area contributed by atoms with Crippen LogP contribution in [-0.4, -0.2) is 52.2 Å². The van der Waals surface area contributed by atoms with Gasteiger partial charge in [0.15, 0.2) is 5.69 Å².